The number of H-pyrrole nitrogens is 2. The summed E-state index contributed by atoms with van der Waals surface area (Å²) >= 11 is 0. The summed E-state index contributed by atoms with van der Waals surface area (Å²) in [5.74, 6) is 0.841. The average Bonchev–Trinajstić information content (AvgIpc) is 2.93. The van der Waals surface area contributed by atoms with Gasteiger partial charge in [0.25, 0.3) is 5.56 Å². The van der Waals surface area contributed by atoms with Crippen LogP contribution in [-0.2, 0) is 11.2 Å². The molecule has 3 rings (SSSR count). The topological polar surface area (TPSA) is 110 Å². The molecule has 0 amide bonds. The first-order valence-corrected chi connectivity index (χ1v) is 6.08. The molecule has 2 aromatic heterocycles. The van der Waals surface area contributed by atoms with Crippen LogP contribution in [0, 0.1) is 0 Å². The van der Waals surface area contributed by atoms with E-state index < -0.39 is 0 Å². The quantitative estimate of drug-likeness (QED) is 0.726. The Bertz CT molecular complexity index is 611. The number of nitrogen functional groups attached to an aromatic ring is 1. The second kappa shape index (κ2) is 4.41. The molecule has 1 aliphatic rings. The van der Waals surface area contributed by atoms with Gasteiger partial charge in [0, 0.05) is 13.0 Å². The van der Waals surface area contributed by atoms with E-state index in [-0.39, 0.29) is 11.5 Å². The fourth-order valence-electron chi connectivity index (χ4n) is 2.26. The summed E-state index contributed by atoms with van der Waals surface area (Å²) in [4.78, 5) is 25.3. The molecular weight excluding hydrogens is 234 g/mol. The summed E-state index contributed by atoms with van der Waals surface area (Å²) in [5, 5.41) is 0. The number of hydrogen-bond acceptors (Lipinski definition) is 5. The Labute approximate surface area is 103 Å². The average molecular weight is 249 g/mol. The van der Waals surface area contributed by atoms with Gasteiger partial charge in [-0.05, 0) is 19.3 Å². The highest BCUT2D eigenvalue weighted by Crippen LogP contribution is 2.17. The Hall–Kier alpha value is -1.89. The van der Waals surface area contributed by atoms with Crippen molar-refractivity contribution in [2.75, 3.05) is 12.3 Å². The fraction of sp³-hybridized carbons (Fsp3) is 0.545. The predicted octanol–water partition coefficient (Wildman–Crippen LogP) is 0.340. The summed E-state index contributed by atoms with van der Waals surface area (Å²) in [6.45, 7) is 0.850. The lowest BCUT2D eigenvalue weighted by molar-refractivity contribution is 0.104. The minimum absolute atomic E-state index is 0.0877. The number of hydrogen-bond donors (Lipinski definition) is 3. The van der Waals surface area contributed by atoms with Crippen LogP contribution in [0.25, 0.3) is 11.2 Å². The fourth-order valence-corrected chi connectivity index (χ4v) is 2.26. The standard InChI is InChI=1S/C11H15N5O2/c12-11-15-9-8(10(17)16-11)13-7(14-9)4-3-6-2-1-5-18-6/h6H,1-5H2,(H4,12,13,14,15,16,17). The molecule has 18 heavy (non-hydrogen) atoms. The van der Waals surface area contributed by atoms with Gasteiger partial charge in [-0.15, -0.1) is 0 Å². The van der Waals surface area contributed by atoms with Gasteiger partial charge in [-0.25, -0.2) is 4.98 Å². The van der Waals surface area contributed by atoms with E-state index in [1.165, 1.54) is 0 Å². The van der Waals surface area contributed by atoms with E-state index >= 15 is 0 Å². The van der Waals surface area contributed by atoms with Gasteiger partial charge in [-0.2, -0.15) is 4.98 Å². The largest absolute Gasteiger partial charge is 0.378 e. The number of fused-ring (bicyclic) bond motifs is 1. The summed E-state index contributed by atoms with van der Waals surface area (Å²) in [7, 11) is 0. The molecule has 4 N–H and O–H groups in total. The number of aromatic amines is 2. The maximum absolute atomic E-state index is 11.6. The molecule has 1 fully saturated rings. The second-order valence-electron chi connectivity index (χ2n) is 4.51. The highest BCUT2D eigenvalue weighted by molar-refractivity contribution is 5.70. The number of nitrogens with zero attached hydrogens (tertiary/aromatic N) is 2. The lowest BCUT2D eigenvalue weighted by Crippen LogP contribution is -2.11. The molecule has 0 aliphatic carbocycles. The number of rotatable bonds is 3. The lowest BCUT2D eigenvalue weighted by atomic mass is 10.1. The summed E-state index contributed by atoms with van der Waals surface area (Å²) in [5.41, 5.74) is 5.94. The minimum atomic E-state index is -0.284. The van der Waals surface area contributed by atoms with Crippen LogP contribution in [0.3, 0.4) is 0 Å². The van der Waals surface area contributed by atoms with Crippen molar-refractivity contribution in [3.63, 3.8) is 0 Å². The molecule has 2 aromatic rings. The molecule has 7 heteroatoms. The number of nitrogens with one attached hydrogen (secondary N) is 2. The smallest absolute Gasteiger partial charge is 0.278 e. The van der Waals surface area contributed by atoms with Crippen LogP contribution >= 0.6 is 0 Å². The minimum Gasteiger partial charge on any atom is -0.378 e. The molecule has 96 valence electrons. The number of aryl methyl sites for hydroxylation is 1. The summed E-state index contributed by atoms with van der Waals surface area (Å²) in [6.07, 6.45) is 4.21. The van der Waals surface area contributed by atoms with Crippen LogP contribution < -0.4 is 11.3 Å². The van der Waals surface area contributed by atoms with Crippen LogP contribution in [0.2, 0.25) is 0 Å². The second-order valence-corrected chi connectivity index (χ2v) is 4.51. The third kappa shape index (κ3) is 2.08. The lowest BCUT2D eigenvalue weighted by Gasteiger charge is -2.06. The van der Waals surface area contributed by atoms with Gasteiger partial charge in [-0.1, -0.05) is 0 Å². The molecule has 0 spiro atoms. The van der Waals surface area contributed by atoms with Crippen molar-refractivity contribution in [3.05, 3.63) is 16.2 Å². The highest BCUT2D eigenvalue weighted by Gasteiger charge is 2.16. The van der Waals surface area contributed by atoms with Crippen molar-refractivity contribution in [1.29, 1.82) is 0 Å². The van der Waals surface area contributed by atoms with Crippen LogP contribution in [0.4, 0.5) is 5.95 Å². The van der Waals surface area contributed by atoms with Gasteiger partial charge in [0.2, 0.25) is 5.95 Å². The van der Waals surface area contributed by atoms with Crippen molar-refractivity contribution in [3.8, 4) is 0 Å². The zero-order valence-corrected chi connectivity index (χ0v) is 9.90. The zero-order valence-electron chi connectivity index (χ0n) is 9.90. The molecule has 1 atom stereocenters. The molecule has 0 saturated carbocycles. The van der Waals surface area contributed by atoms with Gasteiger partial charge in [0.05, 0.1) is 6.10 Å². The maximum atomic E-state index is 11.6. The molecule has 0 aromatic carbocycles. The van der Waals surface area contributed by atoms with E-state index in [4.69, 9.17) is 10.5 Å². The molecule has 1 saturated heterocycles. The molecule has 1 aliphatic heterocycles. The molecule has 0 radical (unpaired) electrons. The number of nitrogens with two attached hydrogens (primary N) is 1. The van der Waals surface area contributed by atoms with Crippen LogP contribution in [-0.4, -0.2) is 32.6 Å². The third-order valence-electron chi connectivity index (χ3n) is 3.16. The highest BCUT2D eigenvalue weighted by atomic mass is 16.5. The van der Waals surface area contributed by atoms with E-state index in [2.05, 4.69) is 19.9 Å². The number of imidazole rings is 1. The number of ether oxygens (including phenoxy) is 1. The van der Waals surface area contributed by atoms with Crippen molar-refractivity contribution >= 4 is 17.1 Å². The first kappa shape index (κ1) is 11.2. The van der Waals surface area contributed by atoms with Crippen LogP contribution in [0.5, 0.6) is 0 Å². The first-order valence-electron chi connectivity index (χ1n) is 6.08. The molecular formula is C11H15N5O2. The van der Waals surface area contributed by atoms with E-state index in [9.17, 15) is 4.79 Å². The van der Waals surface area contributed by atoms with E-state index in [0.29, 0.717) is 17.3 Å². The molecule has 3 heterocycles. The first-order chi connectivity index (χ1) is 8.72. The number of anilines is 1. The molecule has 7 nitrogen and oxygen atoms in total. The van der Waals surface area contributed by atoms with E-state index in [1.54, 1.807) is 0 Å². The van der Waals surface area contributed by atoms with Gasteiger partial charge in [-0.3, -0.25) is 9.78 Å². The Morgan fingerprint density at radius 1 is 1.39 bits per heavy atom. The van der Waals surface area contributed by atoms with Gasteiger partial charge < -0.3 is 15.5 Å². The van der Waals surface area contributed by atoms with Crippen molar-refractivity contribution in [2.45, 2.75) is 31.8 Å². The van der Waals surface area contributed by atoms with Crippen molar-refractivity contribution < 1.29 is 4.74 Å². The van der Waals surface area contributed by atoms with Gasteiger partial charge >= 0.3 is 0 Å². The normalized spacial score (nSPS) is 19.7. The molecule has 1 unspecified atom stereocenters. The Morgan fingerprint density at radius 2 is 2.28 bits per heavy atom. The van der Waals surface area contributed by atoms with E-state index in [0.717, 1.165) is 38.1 Å². The predicted molar refractivity (Wildman–Crippen MR) is 66.2 cm³/mol. The third-order valence-corrected chi connectivity index (χ3v) is 3.16. The Morgan fingerprint density at radius 3 is 3.06 bits per heavy atom. The van der Waals surface area contributed by atoms with E-state index in [1.807, 2.05) is 0 Å². The summed E-state index contributed by atoms with van der Waals surface area (Å²) in [6, 6.07) is 0. The van der Waals surface area contributed by atoms with Crippen molar-refractivity contribution in [1.82, 2.24) is 19.9 Å². The maximum Gasteiger partial charge on any atom is 0.278 e. The van der Waals surface area contributed by atoms with Crippen molar-refractivity contribution in [2.24, 2.45) is 0 Å². The Kier molecular flexibility index (Phi) is 2.75. The number of aromatic nitrogens is 4. The SMILES string of the molecule is Nc1nc2nc(CCC3CCCO3)[nH]c2c(=O)[nH]1. The Balaban J connectivity index is 1.80. The van der Waals surface area contributed by atoms with Gasteiger partial charge in [0.15, 0.2) is 11.2 Å². The molecule has 0 bridgehead atoms. The van der Waals surface area contributed by atoms with Gasteiger partial charge in [0.1, 0.15) is 5.82 Å². The monoisotopic (exact) mass is 249 g/mol. The summed E-state index contributed by atoms with van der Waals surface area (Å²) < 4.78 is 5.55. The van der Waals surface area contributed by atoms with Crippen LogP contribution in [0.15, 0.2) is 4.79 Å². The van der Waals surface area contributed by atoms with Crippen LogP contribution in [0.1, 0.15) is 25.1 Å². The zero-order chi connectivity index (χ0) is 12.5.